The Kier molecular flexibility index (Phi) is 8.88. The first-order valence-electron chi connectivity index (χ1n) is 13.3. The van der Waals surface area contributed by atoms with Gasteiger partial charge in [-0.05, 0) is 53.4 Å². The van der Waals surface area contributed by atoms with Crippen LogP contribution in [0.25, 0.3) is 0 Å². The fourth-order valence-corrected chi connectivity index (χ4v) is 8.54. The second-order valence-corrected chi connectivity index (χ2v) is 11.5. The van der Waals surface area contributed by atoms with Crippen molar-refractivity contribution in [2.75, 3.05) is 39.5 Å². The summed E-state index contributed by atoms with van der Waals surface area (Å²) >= 11 is 1.31. The standard InChI is InChI=1S/C26H32N2O10S2/c1-5-35-19(29)15-11-9-13-27-17(15)39-25(21(27)31,23(33)37-7-3)26(24(34)38-8-4)22(32)28-14-10-12-16(18(28)40-26)20(30)36-6-2/h5-14H2,1-4H3/t25-,26+. The molecule has 0 aromatic heterocycles. The fourth-order valence-electron chi connectivity index (χ4n) is 5.22. The van der Waals surface area contributed by atoms with Gasteiger partial charge >= 0.3 is 23.9 Å². The van der Waals surface area contributed by atoms with Crippen molar-refractivity contribution in [2.45, 2.75) is 62.9 Å². The van der Waals surface area contributed by atoms with Gasteiger partial charge in [-0.3, -0.25) is 9.59 Å². The first-order valence-corrected chi connectivity index (χ1v) is 15.0. The van der Waals surface area contributed by atoms with Gasteiger partial charge in [0.1, 0.15) is 0 Å². The third-order valence-corrected chi connectivity index (χ3v) is 10.2. The van der Waals surface area contributed by atoms with Crippen molar-refractivity contribution in [3.63, 3.8) is 0 Å². The van der Waals surface area contributed by atoms with E-state index in [1.807, 2.05) is 0 Å². The number of hydrogen-bond donors (Lipinski definition) is 0. The summed E-state index contributed by atoms with van der Waals surface area (Å²) < 4.78 is 16.2. The van der Waals surface area contributed by atoms with Gasteiger partial charge in [-0.15, -0.1) is 0 Å². The highest BCUT2D eigenvalue weighted by Crippen LogP contribution is 2.63. The molecule has 0 aromatic rings. The smallest absolute Gasteiger partial charge is 0.336 e. The summed E-state index contributed by atoms with van der Waals surface area (Å²) in [6, 6.07) is 0. The van der Waals surface area contributed by atoms with Crippen LogP contribution in [-0.4, -0.2) is 94.5 Å². The van der Waals surface area contributed by atoms with E-state index in [0.29, 0.717) is 36.4 Å². The lowest BCUT2D eigenvalue weighted by atomic mass is 9.86. The molecule has 0 unspecified atom stereocenters. The van der Waals surface area contributed by atoms with Gasteiger partial charge in [0, 0.05) is 13.1 Å². The Morgan fingerprint density at radius 2 is 1.00 bits per heavy atom. The molecule has 2 fully saturated rings. The van der Waals surface area contributed by atoms with Crippen LogP contribution in [0.1, 0.15) is 53.4 Å². The molecule has 0 bridgehead atoms. The van der Waals surface area contributed by atoms with Gasteiger partial charge in [-0.25, -0.2) is 19.2 Å². The highest BCUT2D eigenvalue weighted by molar-refractivity contribution is 8.11. The Balaban J connectivity index is 2.00. The monoisotopic (exact) mass is 596 g/mol. The lowest BCUT2D eigenvalue weighted by Gasteiger charge is -2.36. The minimum absolute atomic E-state index is 0.0953. The largest absolute Gasteiger partial charge is 0.464 e. The number of ether oxygens (including phenoxy) is 4. The van der Waals surface area contributed by atoms with E-state index in [4.69, 9.17) is 18.9 Å². The van der Waals surface area contributed by atoms with Crippen molar-refractivity contribution in [2.24, 2.45) is 0 Å². The van der Waals surface area contributed by atoms with Crippen molar-refractivity contribution in [3.8, 4) is 0 Å². The third-order valence-electron chi connectivity index (χ3n) is 6.88. The molecular weight excluding hydrogens is 564 g/mol. The summed E-state index contributed by atoms with van der Waals surface area (Å²) in [5, 5.41) is 0.286. The molecule has 0 saturated carbocycles. The summed E-state index contributed by atoms with van der Waals surface area (Å²) in [6.07, 6.45) is 1.37. The number of carbonyl (C=O) groups is 6. The molecule has 12 nitrogen and oxygen atoms in total. The summed E-state index contributed by atoms with van der Waals surface area (Å²) in [6.45, 7) is 6.59. The molecule has 0 aliphatic carbocycles. The normalized spacial score (nSPS) is 26.0. The van der Waals surface area contributed by atoms with Crippen LogP contribution < -0.4 is 0 Å². The summed E-state index contributed by atoms with van der Waals surface area (Å²) in [5.41, 5.74) is 0.354. The van der Waals surface area contributed by atoms with Gasteiger partial charge in [-0.2, -0.15) is 0 Å². The molecular formula is C26H32N2O10S2. The first kappa shape index (κ1) is 30.0. The van der Waals surface area contributed by atoms with Crippen LogP contribution in [0.3, 0.4) is 0 Å². The molecule has 2 saturated heterocycles. The zero-order valence-electron chi connectivity index (χ0n) is 22.9. The van der Waals surface area contributed by atoms with E-state index in [2.05, 4.69) is 0 Å². The first-order chi connectivity index (χ1) is 19.2. The number of nitrogens with zero attached hydrogens (tertiary/aromatic N) is 2. The summed E-state index contributed by atoms with van der Waals surface area (Å²) in [5.74, 6) is -5.24. The van der Waals surface area contributed by atoms with Crippen molar-refractivity contribution in [1.82, 2.24) is 9.80 Å². The summed E-state index contributed by atoms with van der Waals surface area (Å²) in [4.78, 5) is 84.9. The number of carbonyl (C=O) groups excluding carboxylic acids is 6. The van der Waals surface area contributed by atoms with Crippen LogP contribution in [0.5, 0.6) is 0 Å². The van der Waals surface area contributed by atoms with Crippen LogP contribution in [-0.2, 0) is 47.7 Å². The van der Waals surface area contributed by atoms with Gasteiger partial charge in [0.05, 0.1) is 47.6 Å². The van der Waals surface area contributed by atoms with Gasteiger partial charge < -0.3 is 28.7 Å². The number of amides is 2. The van der Waals surface area contributed by atoms with E-state index in [-0.39, 0.29) is 73.6 Å². The second-order valence-electron chi connectivity index (χ2n) is 9.14. The molecule has 14 heteroatoms. The van der Waals surface area contributed by atoms with E-state index in [9.17, 15) is 28.8 Å². The van der Waals surface area contributed by atoms with E-state index in [0.717, 1.165) is 0 Å². The molecule has 218 valence electrons. The lowest BCUT2D eigenvalue weighted by molar-refractivity contribution is -0.164. The van der Waals surface area contributed by atoms with E-state index < -0.39 is 45.2 Å². The van der Waals surface area contributed by atoms with E-state index in [1.165, 1.54) is 23.6 Å². The maximum absolute atomic E-state index is 14.4. The van der Waals surface area contributed by atoms with Gasteiger partial charge in [0.15, 0.2) is 0 Å². The number of hydrogen-bond acceptors (Lipinski definition) is 12. The highest BCUT2D eigenvalue weighted by atomic mass is 32.2. The molecule has 4 rings (SSSR count). The number of rotatable bonds is 9. The van der Waals surface area contributed by atoms with Gasteiger partial charge in [0.25, 0.3) is 11.8 Å². The van der Waals surface area contributed by atoms with Crippen molar-refractivity contribution >= 4 is 59.2 Å². The van der Waals surface area contributed by atoms with Crippen LogP contribution >= 0.6 is 23.5 Å². The number of fused-ring (bicyclic) bond motifs is 2. The summed E-state index contributed by atoms with van der Waals surface area (Å²) in [7, 11) is 0. The van der Waals surface area contributed by atoms with E-state index in [1.54, 1.807) is 13.8 Å². The maximum Gasteiger partial charge on any atom is 0.336 e. The average molecular weight is 597 g/mol. The molecule has 0 N–H and O–H groups in total. The fraction of sp³-hybridized carbons (Fsp3) is 0.615. The Morgan fingerprint density at radius 1 is 0.650 bits per heavy atom. The van der Waals surface area contributed by atoms with Gasteiger partial charge in [-0.1, -0.05) is 23.5 Å². The highest BCUT2D eigenvalue weighted by Gasteiger charge is 2.80. The third kappa shape index (κ3) is 4.39. The van der Waals surface area contributed by atoms with Crippen molar-refractivity contribution in [3.05, 3.63) is 21.2 Å². The van der Waals surface area contributed by atoms with Gasteiger partial charge in [0.2, 0.25) is 9.49 Å². The molecule has 0 spiro atoms. The average Bonchev–Trinajstić information content (AvgIpc) is 3.42. The molecule has 4 aliphatic heterocycles. The zero-order chi connectivity index (χ0) is 29.2. The van der Waals surface area contributed by atoms with Crippen molar-refractivity contribution < 1.29 is 47.7 Å². The lowest BCUT2D eigenvalue weighted by Crippen LogP contribution is -2.68. The molecule has 0 radical (unpaired) electrons. The molecule has 4 aliphatic rings. The molecule has 40 heavy (non-hydrogen) atoms. The van der Waals surface area contributed by atoms with Crippen LogP contribution in [0.4, 0.5) is 0 Å². The minimum atomic E-state index is -2.47. The SMILES string of the molecule is CCOC(=O)C1=C2S[C@@](C(=O)OCC)([C@@]3(C(=O)OCC)SC4=C(C(=O)OCC)CCCN4C3=O)C(=O)N2CCC1. The Morgan fingerprint density at radius 3 is 1.32 bits per heavy atom. The second kappa shape index (κ2) is 11.9. The number of thioether (sulfide) groups is 2. The van der Waals surface area contributed by atoms with Crippen LogP contribution in [0.2, 0.25) is 0 Å². The Hall–Kier alpha value is -3.00. The Labute approximate surface area is 240 Å². The van der Waals surface area contributed by atoms with Crippen LogP contribution in [0.15, 0.2) is 21.2 Å². The molecule has 4 heterocycles. The van der Waals surface area contributed by atoms with E-state index >= 15 is 0 Å². The Bertz CT molecular complexity index is 1120. The topological polar surface area (TPSA) is 146 Å². The molecule has 0 aromatic carbocycles. The molecule has 2 amide bonds. The number of esters is 4. The van der Waals surface area contributed by atoms with Crippen LogP contribution in [0, 0.1) is 0 Å². The quantitative estimate of drug-likeness (QED) is 0.218. The predicted octanol–water partition coefficient (Wildman–Crippen LogP) is 1.88. The maximum atomic E-state index is 14.4. The molecule has 2 atom stereocenters. The minimum Gasteiger partial charge on any atom is -0.464 e. The zero-order valence-corrected chi connectivity index (χ0v) is 24.5. The van der Waals surface area contributed by atoms with Crippen molar-refractivity contribution in [1.29, 1.82) is 0 Å². The predicted molar refractivity (Wildman–Crippen MR) is 143 cm³/mol.